The Balaban J connectivity index is 2.64. The van der Waals surface area contributed by atoms with Gasteiger partial charge in [0.2, 0.25) is 0 Å². The first-order chi connectivity index (χ1) is 13.0. The van der Waals surface area contributed by atoms with E-state index in [-0.39, 0.29) is 21.3 Å². The van der Waals surface area contributed by atoms with Crippen LogP contribution in [0.25, 0.3) is 11.8 Å². The summed E-state index contributed by atoms with van der Waals surface area (Å²) >= 11 is 11.8. The zero-order chi connectivity index (χ0) is 21.2. The van der Waals surface area contributed by atoms with Crippen LogP contribution in [-0.4, -0.2) is 22.2 Å². The molecule has 0 spiro atoms. The zero-order valence-corrected chi connectivity index (χ0v) is 15.8. The van der Waals surface area contributed by atoms with Gasteiger partial charge in [0.25, 0.3) is 11.5 Å². The molecule has 12 heteroatoms. The second-order valence-corrected chi connectivity index (χ2v) is 6.19. The predicted molar refractivity (Wildman–Crippen MR) is 96.3 cm³/mol. The Labute approximate surface area is 165 Å². The summed E-state index contributed by atoms with van der Waals surface area (Å²) in [5.41, 5.74) is -1.72. The second kappa shape index (κ2) is 8.21. The summed E-state index contributed by atoms with van der Waals surface area (Å²) in [4.78, 5) is 40.5. The van der Waals surface area contributed by atoms with Gasteiger partial charge in [0, 0.05) is 18.1 Å². The monoisotopic (exact) mass is 437 g/mol. The Bertz CT molecular complexity index is 1070. The number of alkyl halides is 3. The highest BCUT2D eigenvalue weighted by Gasteiger charge is 2.35. The predicted octanol–water partition coefficient (Wildman–Crippen LogP) is 2.47. The van der Waals surface area contributed by atoms with E-state index >= 15 is 0 Å². The van der Waals surface area contributed by atoms with Crippen LogP contribution in [-0.2, 0) is 22.9 Å². The van der Waals surface area contributed by atoms with Gasteiger partial charge in [-0.2, -0.15) is 13.2 Å². The molecule has 2 rings (SSSR count). The van der Waals surface area contributed by atoms with Crippen molar-refractivity contribution in [2.75, 3.05) is 7.11 Å². The topological polar surface area (TPSA) is 82.3 Å². The summed E-state index contributed by atoms with van der Waals surface area (Å²) in [5, 5.41) is -0.211. The number of aromatic nitrogens is 2. The van der Waals surface area contributed by atoms with Gasteiger partial charge < -0.3 is 0 Å². The van der Waals surface area contributed by atoms with Gasteiger partial charge in [0.05, 0.1) is 12.8 Å². The molecule has 0 saturated carbocycles. The van der Waals surface area contributed by atoms with Crippen LogP contribution < -0.4 is 16.7 Å². The minimum atomic E-state index is -4.87. The maximum atomic E-state index is 12.9. The van der Waals surface area contributed by atoms with E-state index in [4.69, 9.17) is 23.2 Å². The highest BCUT2D eigenvalue weighted by atomic mass is 35.5. The van der Waals surface area contributed by atoms with Gasteiger partial charge in [-0.05, 0) is 29.8 Å². The summed E-state index contributed by atoms with van der Waals surface area (Å²) in [6.07, 6.45) is -3.73. The van der Waals surface area contributed by atoms with Crippen LogP contribution in [0.2, 0.25) is 5.02 Å². The average Bonchev–Trinajstić information content (AvgIpc) is 2.60. The molecule has 1 amide bonds. The van der Waals surface area contributed by atoms with Crippen molar-refractivity contribution in [1.29, 1.82) is 0 Å². The molecule has 1 heterocycles. The lowest BCUT2D eigenvalue weighted by Crippen LogP contribution is -2.40. The first kappa shape index (κ1) is 21.7. The average molecular weight is 438 g/mol. The molecule has 2 aromatic rings. The normalized spacial score (nSPS) is 12.2. The number of nitrogens with zero attached hydrogens (tertiary/aromatic N) is 2. The van der Waals surface area contributed by atoms with Crippen molar-refractivity contribution in [1.82, 2.24) is 14.6 Å². The van der Waals surface area contributed by atoms with Crippen molar-refractivity contribution in [3.8, 4) is 5.69 Å². The lowest BCUT2D eigenvalue weighted by molar-refractivity contribution is -0.144. The van der Waals surface area contributed by atoms with Gasteiger partial charge in [-0.25, -0.2) is 14.8 Å². The molecule has 1 aromatic carbocycles. The van der Waals surface area contributed by atoms with Crippen LogP contribution in [0.3, 0.4) is 0 Å². The molecule has 0 fully saturated rings. The van der Waals surface area contributed by atoms with E-state index in [1.807, 2.05) is 5.48 Å². The van der Waals surface area contributed by atoms with Crippen molar-refractivity contribution < 1.29 is 22.8 Å². The van der Waals surface area contributed by atoms with Crippen molar-refractivity contribution in [2.45, 2.75) is 6.18 Å². The molecular formula is C16H12Cl2F3N3O4. The fourth-order valence-electron chi connectivity index (χ4n) is 2.26. The third kappa shape index (κ3) is 4.46. The molecule has 28 heavy (non-hydrogen) atoms. The molecule has 1 N–H and O–H groups in total. The number of amides is 1. The van der Waals surface area contributed by atoms with Gasteiger partial charge in [-0.1, -0.05) is 23.2 Å². The van der Waals surface area contributed by atoms with Crippen molar-refractivity contribution in [3.05, 3.63) is 66.4 Å². The summed E-state index contributed by atoms with van der Waals surface area (Å²) < 4.78 is 39.7. The Morgan fingerprint density at radius 1 is 1.25 bits per heavy atom. The van der Waals surface area contributed by atoms with Crippen LogP contribution >= 0.6 is 23.2 Å². The van der Waals surface area contributed by atoms with E-state index in [1.165, 1.54) is 25.3 Å². The molecular weight excluding hydrogens is 426 g/mol. The van der Waals surface area contributed by atoms with Crippen LogP contribution in [0.4, 0.5) is 13.2 Å². The number of carbonyl (C=O) groups is 1. The maximum Gasteiger partial charge on any atom is 0.431 e. The number of benzene rings is 1. The fourth-order valence-corrected chi connectivity index (χ4v) is 2.59. The van der Waals surface area contributed by atoms with Crippen LogP contribution in [0.1, 0.15) is 11.3 Å². The molecule has 0 unspecified atom stereocenters. The molecule has 0 atom stereocenters. The number of hydrogen-bond acceptors (Lipinski definition) is 4. The van der Waals surface area contributed by atoms with Gasteiger partial charge >= 0.3 is 11.9 Å². The highest BCUT2D eigenvalue weighted by molar-refractivity contribution is 6.44. The Hall–Kier alpha value is -2.56. The number of nitrogens with one attached hydrogen (secondary N) is 1. The van der Waals surface area contributed by atoms with E-state index in [1.54, 1.807) is 0 Å². The highest BCUT2D eigenvalue weighted by Crippen LogP contribution is 2.27. The van der Waals surface area contributed by atoms with Crippen LogP contribution in [0.5, 0.6) is 0 Å². The molecule has 7 nitrogen and oxygen atoms in total. The fraction of sp³-hybridized carbons (Fsp3) is 0.188. The van der Waals surface area contributed by atoms with E-state index in [9.17, 15) is 27.6 Å². The lowest BCUT2D eigenvalue weighted by Gasteiger charge is -2.14. The largest absolute Gasteiger partial charge is 0.431 e. The molecule has 150 valence electrons. The first-order valence-corrected chi connectivity index (χ1v) is 8.13. The molecule has 0 aliphatic heterocycles. The lowest BCUT2D eigenvalue weighted by atomic mass is 10.1. The molecule has 0 bridgehead atoms. The Morgan fingerprint density at radius 2 is 1.89 bits per heavy atom. The standard InChI is InChI=1S/C16H12Cl2F3N3O4/c1-23-12(16(19,20)21)7-13(25)24(15(23)27)9-3-4-10(17)8(5-9)6-11(18)14(26)22-28-2/h3-7H,1-2H3,(H,22,26). The van der Waals surface area contributed by atoms with E-state index in [2.05, 4.69) is 4.84 Å². The summed E-state index contributed by atoms with van der Waals surface area (Å²) in [5.74, 6) is -0.784. The first-order valence-electron chi connectivity index (χ1n) is 7.38. The van der Waals surface area contributed by atoms with Crippen molar-refractivity contribution >= 4 is 35.2 Å². The van der Waals surface area contributed by atoms with Crippen molar-refractivity contribution in [3.63, 3.8) is 0 Å². The number of rotatable bonds is 4. The van der Waals surface area contributed by atoms with Gasteiger partial charge in [0.1, 0.15) is 10.7 Å². The van der Waals surface area contributed by atoms with Gasteiger partial charge in [-0.3, -0.25) is 19.0 Å². The maximum absolute atomic E-state index is 12.9. The molecule has 0 radical (unpaired) electrons. The van der Waals surface area contributed by atoms with Crippen molar-refractivity contribution in [2.24, 2.45) is 7.05 Å². The Kier molecular flexibility index (Phi) is 6.37. The number of carbonyl (C=O) groups excluding carboxylic acids is 1. The van der Waals surface area contributed by atoms with Gasteiger partial charge in [0.15, 0.2) is 0 Å². The molecule has 0 aliphatic carbocycles. The number of hydroxylamine groups is 1. The SMILES string of the molecule is CONC(=O)C(Cl)=Cc1cc(-n2c(=O)cc(C(F)(F)F)n(C)c2=O)ccc1Cl. The van der Waals surface area contributed by atoms with Crippen LogP contribution in [0.15, 0.2) is 38.9 Å². The summed E-state index contributed by atoms with van der Waals surface area (Å²) in [7, 11) is 2.09. The smallest absolute Gasteiger partial charge is 0.292 e. The number of hydrogen-bond donors (Lipinski definition) is 1. The summed E-state index contributed by atoms with van der Waals surface area (Å²) in [6, 6.07) is 4.09. The molecule has 1 aromatic heterocycles. The minimum absolute atomic E-state index is 0.0633. The zero-order valence-electron chi connectivity index (χ0n) is 14.3. The molecule has 0 saturated heterocycles. The minimum Gasteiger partial charge on any atom is -0.292 e. The quantitative estimate of drug-likeness (QED) is 0.588. The second-order valence-electron chi connectivity index (χ2n) is 5.38. The Morgan fingerprint density at radius 3 is 2.46 bits per heavy atom. The van der Waals surface area contributed by atoms with Gasteiger partial charge in [-0.15, -0.1) is 0 Å². The van der Waals surface area contributed by atoms with Crippen LogP contribution in [0, 0.1) is 0 Å². The van der Waals surface area contributed by atoms with E-state index in [0.717, 1.165) is 13.1 Å². The third-order valence-electron chi connectivity index (χ3n) is 3.54. The number of halogens is 5. The third-order valence-corrected chi connectivity index (χ3v) is 4.17. The summed E-state index contributed by atoms with van der Waals surface area (Å²) in [6.45, 7) is 0. The molecule has 0 aliphatic rings. The van der Waals surface area contributed by atoms with E-state index in [0.29, 0.717) is 15.2 Å². The van der Waals surface area contributed by atoms with E-state index < -0.39 is 29.0 Å².